The van der Waals surface area contributed by atoms with Gasteiger partial charge in [-0.05, 0) is 57.1 Å². The Labute approximate surface area is 101 Å². The van der Waals surface area contributed by atoms with Crippen LogP contribution in [0.4, 0.5) is 0 Å². The van der Waals surface area contributed by atoms with Crippen LogP contribution in [0.25, 0.3) is 0 Å². The Morgan fingerprint density at radius 2 is 1.73 bits per heavy atom. The molecule has 0 aromatic carbocycles. The Morgan fingerprint density at radius 3 is 2.20 bits per heavy atom. The number of hydrogen-bond acceptors (Lipinski definition) is 2. The highest BCUT2D eigenvalue weighted by Crippen LogP contribution is 2.18. The minimum atomic E-state index is 0.256. The highest BCUT2D eigenvalue weighted by atomic mass is 32.2. The summed E-state index contributed by atoms with van der Waals surface area (Å²) in [5, 5.41) is 3.59. The summed E-state index contributed by atoms with van der Waals surface area (Å²) in [7, 11) is 0. The van der Waals surface area contributed by atoms with Crippen LogP contribution < -0.4 is 5.32 Å². The molecule has 0 amide bonds. The first-order chi connectivity index (χ1) is 6.87. The zero-order valence-electron chi connectivity index (χ0n) is 11.4. The average Bonchev–Trinajstić information content (AvgIpc) is 2.13. The molecule has 0 aliphatic carbocycles. The molecule has 2 unspecified atom stereocenters. The Balaban J connectivity index is 3.64. The Hall–Kier alpha value is 0.310. The molecule has 2 atom stereocenters. The van der Waals surface area contributed by atoms with E-state index in [2.05, 4.69) is 58.6 Å². The van der Waals surface area contributed by atoms with Crippen LogP contribution in [0.5, 0.6) is 0 Å². The van der Waals surface area contributed by atoms with Crippen LogP contribution in [0, 0.1) is 11.8 Å². The molecule has 0 radical (unpaired) electrons. The predicted molar refractivity (Wildman–Crippen MR) is 73.7 cm³/mol. The number of hydrogen-bond donors (Lipinski definition) is 1. The van der Waals surface area contributed by atoms with Crippen molar-refractivity contribution in [2.45, 2.75) is 53.5 Å². The minimum Gasteiger partial charge on any atom is -0.312 e. The molecule has 92 valence electrons. The molecule has 1 N–H and O–H groups in total. The molecule has 0 bridgehead atoms. The van der Waals surface area contributed by atoms with E-state index in [9.17, 15) is 0 Å². The monoisotopic (exact) mass is 231 g/mol. The van der Waals surface area contributed by atoms with Crippen LogP contribution in [0.3, 0.4) is 0 Å². The molecule has 0 aliphatic heterocycles. The normalized spacial score (nSPS) is 16.4. The highest BCUT2D eigenvalue weighted by Gasteiger charge is 2.15. The van der Waals surface area contributed by atoms with Crippen molar-refractivity contribution in [2.24, 2.45) is 11.8 Å². The second kappa shape index (κ2) is 7.56. The van der Waals surface area contributed by atoms with Crippen molar-refractivity contribution in [1.29, 1.82) is 0 Å². The van der Waals surface area contributed by atoms with Gasteiger partial charge < -0.3 is 5.32 Å². The highest BCUT2D eigenvalue weighted by molar-refractivity contribution is 7.99. The fraction of sp³-hybridized carbons (Fsp3) is 1.00. The van der Waals surface area contributed by atoms with Gasteiger partial charge in [0.2, 0.25) is 0 Å². The minimum absolute atomic E-state index is 0.256. The van der Waals surface area contributed by atoms with Gasteiger partial charge in [-0.2, -0.15) is 11.8 Å². The summed E-state index contributed by atoms with van der Waals surface area (Å²) in [5.41, 5.74) is 0.256. The van der Waals surface area contributed by atoms with Gasteiger partial charge in [0.1, 0.15) is 0 Å². The fourth-order valence-corrected chi connectivity index (χ4v) is 2.19. The number of thioether (sulfide) groups is 1. The van der Waals surface area contributed by atoms with Crippen LogP contribution in [0.1, 0.15) is 48.0 Å². The summed E-state index contributed by atoms with van der Waals surface area (Å²) in [6.45, 7) is 14.8. The van der Waals surface area contributed by atoms with E-state index in [0.717, 1.165) is 18.4 Å². The second-order valence-electron chi connectivity index (χ2n) is 5.57. The Bertz CT molecular complexity index is 151. The van der Waals surface area contributed by atoms with E-state index >= 15 is 0 Å². The lowest BCUT2D eigenvalue weighted by Gasteiger charge is -2.26. The van der Waals surface area contributed by atoms with Gasteiger partial charge in [0.05, 0.1) is 0 Å². The molecule has 2 heteroatoms. The molecular weight excluding hydrogens is 202 g/mol. The maximum atomic E-state index is 3.59. The maximum absolute atomic E-state index is 3.59. The Morgan fingerprint density at radius 1 is 1.13 bits per heavy atom. The molecule has 0 aromatic heterocycles. The smallest absolute Gasteiger partial charge is 0.00966 e. The Kier molecular flexibility index (Phi) is 7.72. The first-order valence-electron chi connectivity index (χ1n) is 6.19. The maximum Gasteiger partial charge on any atom is 0.00966 e. The molecule has 0 aliphatic rings. The molecule has 0 aromatic rings. The average molecular weight is 231 g/mol. The first-order valence-corrected chi connectivity index (χ1v) is 7.35. The molecule has 1 nitrogen and oxygen atoms in total. The third-order valence-electron chi connectivity index (χ3n) is 2.85. The van der Waals surface area contributed by atoms with Gasteiger partial charge >= 0.3 is 0 Å². The third-order valence-corrected chi connectivity index (χ3v) is 3.78. The molecule has 0 saturated heterocycles. The van der Waals surface area contributed by atoms with E-state index < -0.39 is 0 Å². The van der Waals surface area contributed by atoms with Gasteiger partial charge in [0.15, 0.2) is 0 Å². The van der Waals surface area contributed by atoms with Gasteiger partial charge in [0, 0.05) is 5.54 Å². The molecule has 0 saturated carbocycles. The van der Waals surface area contributed by atoms with Crippen molar-refractivity contribution in [2.75, 3.05) is 18.1 Å². The molecule has 0 heterocycles. The molecule has 0 fully saturated rings. The standard InChI is InChI=1S/C13H29NS/c1-7-15-9-8-11(2)12(3)10-14-13(4,5)6/h11-12,14H,7-10H2,1-6H3. The predicted octanol–water partition coefficient (Wildman–Crippen LogP) is 3.79. The van der Waals surface area contributed by atoms with Crippen LogP contribution >= 0.6 is 11.8 Å². The largest absolute Gasteiger partial charge is 0.312 e. The van der Waals surface area contributed by atoms with Gasteiger partial charge in [-0.3, -0.25) is 0 Å². The van der Waals surface area contributed by atoms with Crippen molar-refractivity contribution in [3.63, 3.8) is 0 Å². The van der Waals surface area contributed by atoms with Crippen molar-refractivity contribution in [1.82, 2.24) is 5.32 Å². The van der Waals surface area contributed by atoms with Crippen molar-refractivity contribution < 1.29 is 0 Å². The summed E-state index contributed by atoms with van der Waals surface area (Å²) in [4.78, 5) is 0. The van der Waals surface area contributed by atoms with Crippen LogP contribution in [0.15, 0.2) is 0 Å². The zero-order chi connectivity index (χ0) is 11.9. The van der Waals surface area contributed by atoms with Gasteiger partial charge in [-0.15, -0.1) is 0 Å². The van der Waals surface area contributed by atoms with Gasteiger partial charge in [0.25, 0.3) is 0 Å². The van der Waals surface area contributed by atoms with Crippen LogP contribution in [0.2, 0.25) is 0 Å². The SMILES string of the molecule is CCSCCC(C)C(C)CNC(C)(C)C. The molecule has 0 rings (SSSR count). The molecular formula is C13H29NS. The van der Waals surface area contributed by atoms with E-state index in [-0.39, 0.29) is 5.54 Å². The van der Waals surface area contributed by atoms with E-state index in [1.807, 2.05) is 0 Å². The number of rotatable bonds is 7. The summed E-state index contributed by atoms with van der Waals surface area (Å²) in [6.07, 6.45) is 1.35. The summed E-state index contributed by atoms with van der Waals surface area (Å²) < 4.78 is 0. The van der Waals surface area contributed by atoms with E-state index in [1.165, 1.54) is 17.9 Å². The topological polar surface area (TPSA) is 12.0 Å². The van der Waals surface area contributed by atoms with E-state index in [0.29, 0.717) is 0 Å². The lowest BCUT2D eigenvalue weighted by atomic mass is 9.92. The van der Waals surface area contributed by atoms with Gasteiger partial charge in [-0.25, -0.2) is 0 Å². The van der Waals surface area contributed by atoms with Crippen molar-refractivity contribution in [3.8, 4) is 0 Å². The fourth-order valence-electron chi connectivity index (χ4n) is 1.37. The quantitative estimate of drug-likeness (QED) is 0.669. The van der Waals surface area contributed by atoms with E-state index in [4.69, 9.17) is 0 Å². The lowest BCUT2D eigenvalue weighted by Crippen LogP contribution is -2.39. The summed E-state index contributed by atoms with van der Waals surface area (Å²) >= 11 is 2.06. The molecule has 0 spiro atoms. The van der Waals surface area contributed by atoms with E-state index in [1.54, 1.807) is 0 Å². The van der Waals surface area contributed by atoms with Crippen molar-refractivity contribution >= 4 is 11.8 Å². The van der Waals surface area contributed by atoms with Crippen LogP contribution in [-0.2, 0) is 0 Å². The number of nitrogens with one attached hydrogen (secondary N) is 1. The lowest BCUT2D eigenvalue weighted by molar-refractivity contribution is 0.314. The third kappa shape index (κ3) is 9.25. The first kappa shape index (κ1) is 15.3. The zero-order valence-corrected chi connectivity index (χ0v) is 12.2. The van der Waals surface area contributed by atoms with Crippen LogP contribution in [-0.4, -0.2) is 23.6 Å². The van der Waals surface area contributed by atoms with Crippen molar-refractivity contribution in [3.05, 3.63) is 0 Å². The molecule has 15 heavy (non-hydrogen) atoms. The second-order valence-corrected chi connectivity index (χ2v) is 6.96. The summed E-state index contributed by atoms with van der Waals surface area (Å²) in [6, 6.07) is 0. The summed E-state index contributed by atoms with van der Waals surface area (Å²) in [5.74, 6) is 4.18. The van der Waals surface area contributed by atoms with Gasteiger partial charge in [-0.1, -0.05) is 20.8 Å².